The van der Waals surface area contributed by atoms with Gasteiger partial charge in [-0.05, 0) is 39.3 Å². The Morgan fingerprint density at radius 1 is 1.20 bits per heavy atom. The van der Waals surface area contributed by atoms with Gasteiger partial charge in [-0.3, -0.25) is 4.90 Å². The molecule has 5 heteroatoms. The number of carbonyl (C=O) groups excluding carboxylic acids is 1. The zero-order valence-corrected chi connectivity index (χ0v) is 16.6. The predicted molar refractivity (Wildman–Crippen MR) is 99.3 cm³/mol. The highest BCUT2D eigenvalue weighted by Gasteiger charge is 2.34. The van der Waals surface area contributed by atoms with E-state index in [9.17, 15) is 4.79 Å². The van der Waals surface area contributed by atoms with Crippen molar-refractivity contribution in [1.82, 2.24) is 4.90 Å². The topological polar surface area (TPSA) is 48.0 Å². The fourth-order valence-electron chi connectivity index (χ4n) is 2.75. The van der Waals surface area contributed by atoms with Gasteiger partial charge in [0.1, 0.15) is 5.60 Å². The van der Waals surface area contributed by atoms with Gasteiger partial charge in [0.25, 0.3) is 0 Å². The highest BCUT2D eigenvalue weighted by molar-refractivity contribution is 5.60. The van der Waals surface area contributed by atoms with Crippen molar-refractivity contribution < 1.29 is 19.0 Å². The summed E-state index contributed by atoms with van der Waals surface area (Å²) in [5.74, 6) is 0.279. The maximum Gasteiger partial charge on any atom is 0.511 e. The summed E-state index contributed by atoms with van der Waals surface area (Å²) < 4.78 is 16.3. The number of ether oxygens (including phenoxy) is 3. The molecular formula is C20H33NO4. The molecule has 0 saturated heterocycles. The van der Waals surface area contributed by atoms with E-state index in [0.29, 0.717) is 0 Å². The van der Waals surface area contributed by atoms with Crippen LogP contribution in [0.1, 0.15) is 46.6 Å². The number of nitrogens with zero attached hydrogens (tertiary/aromatic N) is 1. The van der Waals surface area contributed by atoms with Crippen LogP contribution in [0.5, 0.6) is 0 Å². The highest BCUT2D eigenvalue weighted by atomic mass is 16.8. The van der Waals surface area contributed by atoms with Gasteiger partial charge in [0, 0.05) is 13.7 Å². The normalized spacial score (nSPS) is 15.5. The first-order valence-electron chi connectivity index (χ1n) is 8.84. The Morgan fingerprint density at radius 3 is 2.28 bits per heavy atom. The van der Waals surface area contributed by atoms with Crippen LogP contribution in [-0.4, -0.2) is 43.1 Å². The SMILES string of the molecule is CC[C@H](C)C([C@H](OC)OC(=O)OC(C)(C)C)N(C)Cc1ccccc1. The summed E-state index contributed by atoms with van der Waals surface area (Å²) in [5, 5.41) is 0. The molecule has 3 atom stereocenters. The predicted octanol–water partition coefficient (Wildman–Crippen LogP) is 4.46. The van der Waals surface area contributed by atoms with Crippen molar-refractivity contribution in [3.8, 4) is 0 Å². The number of hydrogen-bond donors (Lipinski definition) is 0. The lowest BCUT2D eigenvalue weighted by Crippen LogP contribution is -2.48. The fraction of sp³-hybridized carbons (Fsp3) is 0.650. The van der Waals surface area contributed by atoms with Crippen LogP contribution in [0.4, 0.5) is 4.79 Å². The summed E-state index contributed by atoms with van der Waals surface area (Å²) in [6.07, 6.45) is -0.458. The van der Waals surface area contributed by atoms with E-state index in [1.165, 1.54) is 5.56 Å². The van der Waals surface area contributed by atoms with Crippen molar-refractivity contribution in [2.75, 3.05) is 14.2 Å². The molecule has 25 heavy (non-hydrogen) atoms. The smallest absolute Gasteiger partial charge is 0.429 e. The van der Waals surface area contributed by atoms with Crippen LogP contribution in [0.15, 0.2) is 30.3 Å². The van der Waals surface area contributed by atoms with Gasteiger partial charge in [0.05, 0.1) is 6.04 Å². The van der Waals surface area contributed by atoms with Gasteiger partial charge in [-0.25, -0.2) is 4.79 Å². The second-order valence-corrected chi connectivity index (χ2v) is 7.46. The molecule has 1 unspecified atom stereocenters. The van der Waals surface area contributed by atoms with Gasteiger partial charge in [-0.15, -0.1) is 0 Å². The highest BCUT2D eigenvalue weighted by Crippen LogP contribution is 2.23. The van der Waals surface area contributed by atoms with Gasteiger partial charge in [-0.1, -0.05) is 50.6 Å². The van der Waals surface area contributed by atoms with E-state index < -0.39 is 18.0 Å². The molecule has 0 N–H and O–H groups in total. The number of benzene rings is 1. The summed E-state index contributed by atoms with van der Waals surface area (Å²) in [7, 11) is 3.58. The zero-order chi connectivity index (χ0) is 19.0. The molecule has 142 valence electrons. The monoisotopic (exact) mass is 351 g/mol. The Labute approximate surface area is 152 Å². The molecule has 0 spiro atoms. The molecule has 0 radical (unpaired) electrons. The van der Waals surface area contributed by atoms with E-state index in [4.69, 9.17) is 14.2 Å². The van der Waals surface area contributed by atoms with Crippen LogP contribution in [0.25, 0.3) is 0 Å². The van der Waals surface area contributed by atoms with Crippen LogP contribution in [0.3, 0.4) is 0 Å². The number of rotatable bonds is 8. The first-order chi connectivity index (χ1) is 11.7. The molecule has 1 aromatic carbocycles. The third-order valence-electron chi connectivity index (χ3n) is 4.12. The average Bonchev–Trinajstić information content (AvgIpc) is 2.53. The minimum atomic E-state index is -0.708. The maximum absolute atomic E-state index is 12.1. The average molecular weight is 351 g/mol. The van der Waals surface area contributed by atoms with Crippen LogP contribution in [0, 0.1) is 5.92 Å². The lowest BCUT2D eigenvalue weighted by molar-refractivity contribution is -0.160. The van der Waals surface area contributed by atoms with E-state index in [0.717, 1.165) is 13.0 Å². The van der Waals surface area contributed by atoms with Gasteiger partial charge >= 0.3 is 6.16 Å². The van der Waals surface area contributed by atoms with Crippen LogP contribution in [-0.2, 0) is 20.8 Å². The summed E-state index contributed by atoms with van der Waals surface area (Å²) in [6, 6.07) is 10.1. The van der Waals surface area contributed by atoms with Crippen molar-refractivity contribution in [2.45, 2.75) is 65.5 Å². The summed E-state index contributed by atoms with van der Waals surface area (Å²) in [5.41, 5.74) is 0.599. The second kappa shape index (κ2) is 9.78. The van der Waals surface area contributed by atoms with Gasteiger partial charge in [0.15, 0.2) is 0 Å². The van der Waals surface area contributed by atoms with Crippen LogP contribution >= 0.6 is 0 Å². The quantitative estimate of drug-likeness (QED) is 0.511. The lowest BCUT2D eigenvalue weighted by Gasteiger charge is -2.37. The molecule has 0 aromatic heterocycles. The van der Waals surface area contributed by atoms with E-state index >= 15 is 0 Å². The maximum atomic E-state index is 12.1. The molecule has 0 aliphatic carbocycles. The molecule has 0 amide bonds. The number of carbonyl (C=O) groups is 1. The Kier molecular flexibility index (Phi) is 8.39. The Morgan fingerprint density at radius 2 is 1.80 bits per heavy atom. The second-order valence-electron chi connectivity index (χ2n) is 7.46. The molecule has 0 aliphatic heterocycles. The van der Waals surface area contributed by atoms with E-state index in [-0.39, 0.29) is 12.0 Å². The number of hydrogen-bond acceptors (Lipinski definition) is 5. The third kappa shape index (κ3) is 7.45. The Bertz CT molecular complexity index is 512. The van der Waals surface area contributed by atoms with Crippen molar-refractivity contribution >= 4 is 6.16 Å². The standard InChI is InChI=1S/C20H33NO4/c1-8-15(2)17(21(6)14-16-12-10-9-11-13-16)18(23-7)24-19(22)25-20(3,4)5/h9-13,15,17-18H,8,14H2,1-7H3/t15-,17?,18+/m0/s1. The third-order valence-corrected chi connectivity index (χ3v) is 4.12. The van der Waals surface area contributed by atoms with E-state index in [2.05, 4.69) is 30.9 Å². The van der Waals surface area contributed by atoms with Crippen molar-refractivity contribution in [3.63, 3.8) is 0 Å². The molecular weight excluding hydrogens is 318 g/mol. The lowest BCUT2D eigenvalue weighted by atomic mass is 9.96. The Balaban J connectivity index is 2.88. The van der Waals surface area contributed by atoms with E-state index in [1.54, 1.807) is 7.11 Å². The molecule has 1 aromatic rings. The molecule has 1 rings (SSSR count). The molecule has 5 nitrogen and oxygen atoms in total. The largest absolute Gasteiger partial charge is 0.511 e. The van der Waals surface area contributed by atoms with Crippen molar-refractivity contribution in [1.29, 1.82) is 0 Å². The minimum Gasteiger partial charge on any atom is -0.429 e. The fourth-order valence-corrected chi connectivity index (χ4v) is 2.75. The minimum absolute atomic E-state index is 0.0808. The van der Waals surface area contributed by atoms with E-state index in [1.807, 2.05) is 46.0 Å². The summed E-state index contributed by atoms with van der Waals surface area (Å²) in [6.45, 7) is 10.4. The van der Waals surface area contributed by atoms with Gasteiger partial charge < -0.3 is 14.2 Å². The van der Waals surface area contributed by atoms with Gasteiger partial charge in [-0.2, -0.15) is 0 Å². The van der Waals surface area contributed by atoms with Crippen molar-refractivity contribution in [3.05, 3.63) is 35.9 Å². The summed E-state index contributed by atoms with van der Waals surface area (Å²) in [4.78, 5) is 14.2. The summed E-state index contributed by atoms with van der Waals surface area (Å²) >= 11 is 0. The first-order valence-corrected chi connectivity index (χ1v) is 8.84. The van der Waals surface area contributed by atoms with Gasteiger partial charge in [0.2, 0.25) is 6.29 Å². The van der Waals surface area contributed by atoms with Crippen LogP contribution < -0.4 is 0 Å². The first kappa shape index (κ1) is 21.5. The molecule has 0 bridgehead atoms. The number of likely N-dealkylation sites (N-methyl/N-ethyl adjacent to an activating group) is 1. The van der Waals surface area contributed by atoms with Crippen LogP contribution in [0.2, 0.25) is 0 Å². The molecule has 0 heterocycles. The molecule has 0 saturated carbocycles. The Hall–Kier alpha value is -1.59. The zero-order valence-electron chi connectivity index (χ0n) is 16.6. The van der Waals surface area contributed by atoms with Crippen molar-refractivity contribution in [2.24, 2.45) is 5.92 Å². The molecule has 0 aliphatic rings. The molecule has 0 fully saturated rings. The number of methoxy groups -OCH3 is 1.